The minimum Gasteiger partial charge on any atom is -0.352 e. The quantitative estimate of drug-likeness (QED) is 0.808. The summed E-state index contributed by atoms with van der Waals surface area (Å²) >= 11 is 6.05. The first-order valence-electron chi connectivity index (χ1n) is 8.38. The summed E-state index contributed by atoms with van der Waals surface area (Å²) in [5, 5.41) is 6.38. The molecule has 0 unspecified atom stereocenters. The van der Waals surface area contributed by atoms with E-state index in [2.05, 4.69) is 20.4 Å². The second kappa shape index (κ2) is 7.96. The normalized spacial score (nSPS) is 19.0. The number of carbonyl (C=O) groups excluding carboxylic acids is 2. The average Bonchev–Trinajstić information content (AvgIpc) is 3.35. The first-order chi connectivity index (χ1) is 11.6. The van der Waals surface area contributed by atoms with Gasteiger partial charge in [0.05, 0.1) is 23.8 Å². The number of piperazine rings is 1. The van der Waals surface area contributed by atoms with Gasteiger partial charge in [0, 0.05) is 32.2 Å². The maximum atomic E-state index is 12.1. The summed E-state index contributed by atoms with van der Waals surface area (Å²) < 4.78 is 0. The van der Waals surface area contributed by atoms with Gasteiger partial charge in [-0.2, -0.15) is 0 Å². The predicted octanol–water partition coefficient (Wildman–Crippen LogP) is 1.17. The van der Waals surface area contributed by atoms with E-state index < -0.39 is 0 Å². The summed E-state index contributed by atoms with van der Waals surface area (Å²) in [5.74, 6) is 0.0467. The molecule has 2 amide bonds. The van der Waals surface area contributed by atoms with Crippen molar-refractivity contribution in [3.63, 3.8) is 0 Å². The molecule has 3 rings (SSSR count). The van der Waals surface area contributed by atoms with E-state index >= 15 is 0 Å². The van der Waals surface area contributed by atoms with Crippen LogP contribution in [0.2, 0.25) is 5.02 Å². The Morgan fingerprint density at radius 3 is 2.17 bits per heavy atom. The van der Waals surface area contributed by atoms with Crippen molar-refractivity contribution in [2.75, 3.05) is 44.6 Å². The molecule has 1 aliphatic carbocycles. The van der Waals surface area contributed by atoms with Gasteiger partial charge in [-0.05, 0) is 25.0 Å². The van der Waals surface area contributed by atoms with Crippen molar-refractivity contribution < 1.29 is 9.59 Å². The fourth-order valence-electron chi connectivity index (χ4n) is 2.76. The number of hydrogen-bond acceptors (Lipinski definition) is 4. The molecular weight excluding hydrogens is 328 g/mol. The number of anilines is 1. The molecule has 1 aliphatic heterocycles. The summed E-state index contributed by atoms with van der Waals surface area (Å²) in [4.78, 5) is 28.2. The largest absolute Gasteiger partial charge is 0.352 e. The van der Waals surface area contributed by atoms with E-state index in [9.17, 15) is 9.59 Å². The highest BCUT2D eigenvalue weighted by atomic mass is 35.5. The van der Waals surface area contributed by atoms with Gasteiger partial charge >= 0.3 is 0 Å². The highest BCUT2D eigenvalue weighted by molar-refractivity contribution is 6.33. The van der Waals surface area contributed by atoms with Crippen LogP contribution < -0.4 is 10.6 Å². The number of para-hydroxylation sites is 1. The third kappa shape index (κ3) is 5.19. The fourth-order valence-corrected chi connectivity index (χ4v) is 2.95. The minimum absolute atomic E-state index is 0.0666. The van der Waals surface area contributed by atoms with Crippen molar-refractivity contribution >= 4 is 29.1 Å². The maximum Gasteiger partial charge on any atom is 0.238 e. The van der Waals surface area contributed by atoms with Crippen molar-refractivity contribution in [3.05, 3.63) is 29.3 Å². The average molecular weight is 351 g/mol. The van der Waals surface area contributed by atoms with E-state index in [0.29, 0.717) is 29.8 Å². The Labute approximate surface area is 147 Å². The molecule has 0 aromatic heterocycles. The lowest BCUT2D eigenvalue weighted by molar-refractivity contribution is -0.123. The van der Waals surface area contributed by atoms with Gasteiger partial charge in [0.25, 0.3) is 0 Å². The smallest absolute Gasteiger partial charge is 0.238 e. The van der Waals surface area contributed by atoms with Gasteiger partial charge < -0.3 is 10.6 Å². The first-order valence-corrected chi connectivity index (χ1v) is 8.76. The van der Waals surface area contributed by atoms with Crippen LogP contribution in [-0.4, -0.2) is 66.9 Å². The molecule has 2 fully saturated rings. The zero-order chi connectivity index (χ0) is 16.9. The van der Waals surface area contributed by atoms with Crippen LogP contribution in [0.5, 0.6) is 0 Å². The lowest BCUT2D eigenvalue weighted by Gasteiger charge is -2.33. The number of amides is 2. The molecule has 1 heterocycles. The summed E-state index contributed by atoms with van der Waals surface area (Å²) in [6.07, 6.45) is 2.22. The summed E-state index contributed by atoms with van der Waals surface area (Å²) in [6.45, 7) is 3.97. The van der Waals surface area contributed by atoms with Crippen molar-refractivity contribution in [3.8, 4) is 0 Å². The zero-order valence-corrected chi connectivity index (χ0v) is 14.4. The Bertz CT molecular complexity index is 598. The molecule has 1 saturated carbocycles. The minimum atomic E-state index is -0.0666. The predicted molar refractivity (Wildman–Crippen MR) is 94.1 cm³/mol. The molecular formula is C17H23ClN4O2. The SMILES string of the molecule is O=C(CN1CCN(CC(=O)NC2CC2)CC1)Nc1ccccc1Cl. The molecule has 1 saturated heterocycles. The lowest BCUT2D eigenvalue weighted by atomic mass is 10.3. The number of nitrogens with one attached hydrogen (secondary N) is 2. The highest BCUT2D eigenvalue weighted by Crippen LogP contribution is 2.20. The fraction of sp³-hybridized carbons (Fsp3) is 0.529. The van der Waals surface area contributed by atoms with Crippen molar-refractivity contribution in [1.82, 2.24) is 15.1 Å². The lowest BCUT2D eigenvalue weighted by Crippen LogP contribution is -2.51. The Balaban J connectivity index is 1.37. The molecule has 0 spiro atoms. The Morgan fingerprint density at radius 1 is 1.00 bits per heavy atom. The molecule has 130 valence electrons. The van der Waals surface area contributed by atoms with Gasteiger partial charge in [0.2, 0.25) is 11.8 Å². The van der Waals surface area contributed by atoms with Crippen LogP contribution >= 0.6 is 11.6 Å². The molecule has 1 aromatic rings. The van der Waals surface area contributed by atoms with E-state index in [-0.39, 0.29) is 11.8 Å². The molecule has 7 heteroatoms. The van der Waals surface area contributed by atoms with Gasteiger partial charge in [0.15, 0.2) is 0 Å². The summed E-state index contributed by atoms with van der Waals surface area (Å²) in [7, 11) is 0. The summed E-state index contributed by atoms with van der Waals surface area (Å²) in [5.41, 5.74) is 0.638. The zero-order valence-electron chi connectivity index (χ0n) is 13.6. The van der Waals surface area contributed by atoms with E-state index in [4.69, 9.17) is 11.6 Å². The number of hydrogen-bond donors (Lipinski definition) is 2. The summed E-state index contributed by atoms with van der Waals surface area (Å²) in [6, 6.07) is 7.62. The second-order valence-corrected chi connectivity index (χ2v) is 6.83. The second-order valence-electron chi connectivity index (χ2n) is 6.42. The highest BCUT2D eigenvalue weighted by Gasteiger charge is 2.25. The van der Waals surface area contributed by atoms with Crippen molar-refractivity contribution in [2.45, 2.75) is 18.9 Å². The monoisotopic (exact) mass is 350 g/mol. The van der Waals surface area contributed by atoms with Crippen molar-refractivity contribution in [1.29, 1.82) is 0 Å². The Morgan fingerprint density at radius 2 is 1.58 bits per heavy atom. The Kier molecular flexibility index (Phi) is 5.71. The van der Waals surface area contributed by atoms with E-state index in [1.54, 1.807) is 12.1 Å². The van der Waals surface area contributed by atoms with Gasteiger partial charge in [0.1, 0.15) is 0 Å². The molecule has 24 heavy (non-hydrogen) atoms. The molecule has 2 N–H and O–H groups in total. The van der Waals surface area contributed by atoms with Crippen LogP contribution in [0.3, 0.4) is 0 Å². The van der Waals surface area contributed by atoms with Gasteiger partial charge in [-0.3, -0.25) is 19.4 Å². The van der Waals surface area contributed by atoms with Crippen molar-refractivity contribution in [2.24, 2.45) is 0 Å². The third-order valence-electron chi connectivity index (χ3n) is 4.29. The topological polar surface area (TPSA) is 64.7 Å². The van der Waals surface area contributed by atoms with Gasteiger partial charge in [-0.15, -0.1) is 0 Å². The first kappa shape index (κ1) is 17.2. The van der Waals surface area contributed by atoms with Gasteiger partial charge in [-0.1, -0.05) is 23.7 Å². The van der Waals surface area contributed by atoms with E-state index in [0.717, 1.165) is 39.0 Å². The van der Waals surface area contributed by atoms with E-state index in [1.807, 2.05) is 12.1 Å². The number of nitrogens with zero attached hydrogens (tertiary/aromatic N) is 2. The van der Waals surface area contributed by atoms with Crippen LogP contribution in [0.1, 0.15) is 12.8 Å². The maximum absolute atomic E-state index is 12.1. The van der Waals surface area contributed by atoms with Gasteiger partial charge in [-0.25, -0.2) is 0 Å². The number of rotatable bonds is 6. The molecule has 0 radical (unpaired) electrons. The number of halogens is 1. The van der Waals surface area contributed by atoms with Crippen LogP contribution in [0.4, 0.5) is 5.69 Å². The number of benzene rings is 1. The third-order valence-corrected chi connectivity index (χ3v) is 4.62. The molecule has 6 nitrogen and oxygen atoms in total. The van der Waals surface area contributed by atoms with Crippen LogP contribution in [0.15, 0.2) is 24.3 Å². The number of carbonyl (C=O) groups is 2. The van der Waals surface area contributed by atoms with Crippen LogP contribution in [-0.2, 0) is 9.59 Å². The standard InChI is InChI=1S/C17H23ClN4O2/c18-14-3-1-2-4-15(14)20-17(24)12-22-9-7-21(8-10-22)11-16(23)19-13-5-6-13/h1-4,13H,5-12H2,(H,19,23)(H,20,24). The van der Waals surface area contributed by atoms with E-state index in [1.165, 1.54) is 0 Å². The molecule has 2 aliphatic rings. The molecule has 0 atom stereocenters. The van der Waals surface area contributed by atoms with Crippen LogP contribution in [0, 0.1) is 0 Å². The molecule has 0 bridgehead atoms. The Hall–Kier alpha value is -1.63. The van der Waals surface area contributed by atoms with Crippen LogP contribution in [0.25, 0.3) is 0 Å². The molecule has 1 aromatic carbocycles.